The second kappa shape index (κ2) is 8.65. The number of halogens is 1. The molecule has 6 rings (SSSR count). The second-order valence-electron chi connectivity index (χ2n) is 9.47. The molecule has 4 atom stereocenters. The van der Waals surface area contributed by atoms with E-state index in [0.717, 1.165) is 49.5 Å². The van der Waals surface area contributed by atoms with E-state index in [4.69, 9.17) is 23.8 Å². The molecule has 1 aromatic rings. The van der Waals surface area contributed by atoms with Gasteiger partial charge in [-0.2, -0.15) is 0 Å². The number of oxime groups is 1. The first-order chi connectivity index (χ1) is 16.6. The van der Waals surface area contributed by atoms with Gasteiger partial charge in [0.25, 0.3) is 0 Å². The summed E-state index contributed by atoms with van der Waals surface area (Å²) in [7, 11) is 3.24. The highest BCUT2D eigenvalue weighted by Gasteiger charge is 2.42. The van der Waals surface area contributed by atoms with Gasteiger partial charge in [0.1, 0.15) is 30.0 Å². The standard InChI is InChI=1S/C26H29FN2O5/c1-30-23-10-18-22(11-24(23)31-2)33-14-20-25(34-28-26(18)20)12-29-7-5-15(6-8-29)19-13-32-21-9-16(27)3-4-17(19)21/h3-4,9-11,13,15,17,20-21,25H,5-8,12,14H2,1-2H3. The Kier molecular flexibility index (Phi) is 5.48. The number of allylic oxidation sites excluding steroid dienone is 2. The molecule has 0 N–H and O–H groups in total. The first-order valence-electron chi connectivity index (χ1n) is 11.9. The Morgan fingerprint density at radius 2 is 1.94 bits per heavy atom. The maximum absolute atomic E-state index is 13.5. The van der Waals surface area contributed by atoms with E-state index in [9.17, 15) is 4.39 Å². The first-order valence-corrected chi connectivity index (χ1v) is 11.9. The summed E-state index contributed by atoms with van der Waals surface area (Å²) in [6.45, 7) is 3.31. The van der Waals surface area contributed by atoms with E-state index in [1.807, 2.05) is 24.5 Å². The zero-order valence-corrected chi connectivity index (χ0v) is 19.4. The van der Waals surface area contributed by atoms with Crippen LogP contribution in [0.1, 0.15) is 18.4 Å². The molecule has 0 spiro atoms. The third kappa shape index (κ3) is 3.64. The SMILES string of the molecule is COc1cc2c(cc1OC)C1=NOC(CN3CCC(C4=COC5C=C(F)C=CC45)CC3)C1CO2. The van der Waals surface area contributed by atoms with E-state index in [1.165, 1.54) is 5.57 Å². The summed E-state index contributed by atoms with van der Waals surface area (Å²) >= 11 is 0. The topological polar surface area (TPSA) is 61.8 Å². The number of likely N-dealkylation sites (tertiary alicyclic amines) is 1. The molecule has 0 radical (unpaired) electrons. The van der Waals surface area contributed by atoms with Crippen LogP contribution in [-0.4, -0.2) is 63.3 Å². The number of rotatable bonds is 5. The monoisotopic (exact) mass is 468 g/mol. The Hall–Kier alpha value is -3.00. The Bertz CT molecular complexity index is 1090. The molecule has 5 aliphatic rings. The van der Waals surface area contributed by atoms with Crippen LogP contribution in [0.5, 0.6) is 17.2 Å². The molecule has 0 aromatic heterocycles. The number of methoxy groups -OCH3 is 2. The van der Waals surface area contributed by atoms with Crippen molar-refractivity contribution in [3.8, 4) is 17.2 Å². The van der Waals surface area contributed by atoms with Gasteiger partial charge in [0.15, 0.2) is 17.6 Å². The lowest BCUT2D eigenvalue weighted by atomic mass is 9.80. The van der Waals surface area contributed by atoms with Gasteiger partial charge >= 0.3 is 0 Å². The fourth-order valence-electron chi connectivity index (χ4n) is 5.75. The van der Waals surface area contributed by atoms with Gasteiger partial charge in [-0.1, -0.05) is 11.2 Å². The van der Waals surface area contributed by atoms with Crippen molar-refractivity contribution in [1.29, 1.82) is 0 Å². The minimum absolute atomic E-state index is 0.0411. The Balaban J connectivity index is 1.07. The van der Waals surface area contributed by atoms with Crippen LogP contribution in [0.3, 0.4) is 0 Å². The van der Waals surface area contributed by atoms with Crippen molar-refractivity contribution >= 4 is 5.71 Å². The quantitative estimate of drug-likeness (QED) is 0.654. The van der Waals surface area contributed by atoms with Crippen LogP contribution in [0, 0.1) is 17.8 Å². The van der Waals surface area contributed by atoms with Gasteiger partial charge in [-0.3, -0.25) is 4.90 Å². The molecule has 7 nitrogen and oxygen atoms in total. The smallest absolute Gasteiger partial charge is 0.164 e. The van der Waals surface area contributed by atoms with Crippen LogP contribution in [0.25, 0.3) is 0 Å². The van der Waals surface area contributed by atoms with Gasteiger partial charge in [0.2, 0.25) is 0 Å². The summed E-state index contributed by atoms with van der Waals surface area (Å²) in [5.74, 6) is 2.54. The molecular formula is C26H29FN2O5. The third-order valence-corrected chi connectivity index (χ3v) is 7.65. The van der Waals surface area contributed by atoms with Crippen LogP contribution >= 0.6 is 0 Å². The summed E-state index contributed by atoms with van der Waals surface area (Å²) in [6.07, 6.45) is 8.84. The van der Waals surface area contributed by atoms with Gasteiger partial charge < -0.3 is 23.8 Å². The molecule has 0 bridgehead atoms. The molecule has 180 valence electrons. The van der Waals surface area contributed by atoms with Crippen molar-refractivity contribution in [1.82, 2.24) is 4.90 Å². The van der Waals surface area contributed by atoms with Gasteiger partial charge in [0.05, 0.1) is 26.4 Å². The van der Waals surface area contributed by atoms with Crippen LogP contribution in [0.4, 0.5) is 4.39 Å². The molecular weight excluding hydrogens is 439 g/mol. The fourth-order valence-corrected chi connectivity index (χ4v) is 5.75. The molecule has 1 aliphatic carbocycles. The highest BCUT2D eigenvalue weighted by molar-refractivity contribution is 6.06. The fraction of sp³-hybridized carbons (Fsp3) is 0.500. The average molecular weight is 469 g/mol. The predicted molar refractivity (Wildman–Crippen MR) is 124 cm³/mol. The number of piperidine rings is 1. The van der Waals surface area contributed by atoms with Crippen molar-refractivity contribution in [2.45, 2.75) is 25.0 Å². The molecule has 8 heteroatoms. The third-order valence-electron chi connectivity index (χ3n) is 7.65. The second-order valence-corrected chi connectivity index (χ2v) is 9.47. The summed E-state index contributed by atoms with van der Waals surface area (Å²) in [6, 6.07) is 3.77. The number of hydrogen-bond acceptors (Lipinski definition) is 7. The number of benzene rings is 1. The zero-order valence-electron chi connectivity index (χ0n) is 19.4. The minimum atomic E-state index is -0.212. The highest BCUT2D eigenvalue weighted by Crippen LogP contribution is 2.42. The molecule has 0 amide bonds. The molecule has 1 aromatic carbocycles. The van der Waals surface area contributed by atoms with Gasteiger partial charge in [-0.25, -0.2) is 4.39 Å². The summed E-state index contributed by atoms with van der Waals surface area (Å²) in [5.41, 5.74) is 3.13. The lowest BCUT2D eigenvalue weighted by molar-refractivity contribution is 0.0147. The maximum Gasteiger partial charge on any atom is 0.164 e. The van der Waals surface area contributed by atoms with Crippen molar-refractivity contribution in [2.75, 3.05) is 40.5 Å². The van der Waals surface area contributed by atoms with Gasteiger partial charge in [-0.15, -0.1) is 0 Å². The van der Waals surface area contributed by atoms with Crippen molar-refractivity contribution in [3.05, 3.63) is 53.6 Å². The first kappa shape index (κ1) is 21.5. The van der Waals surface area contributed by atoms with Crippen LogP contribution in [-0.2, 0) is 9.57 Å². The molecule has 4 aliphatic heterocycles. The summed E-state index contributed by atoms with van der Waals surface area (Å²) < 4.78 is 36.2. The Morgan fingerprint density at radius 1 is 1.15 bits per heavy atom. The largest absolute Gasteiger partial charge is 0.493 e. The molecule has 1 saturated heterocycles. The molecule has 0 saturated carbocycles. The zero-order chi connectivity index (χ0) is 23.2. The lowest BCUT2D eigenvalue weighted by Gasteiger charge is -2.35. The van der Waals surface area contributed by atoms with E-state index >= 15 is 0 Å². The average Bonchev–Trinajstić information content (AvgIpc) is 3.47. The normalized spacial score (nSPS) is 30.0. The van der Waals surface area contributed by atoms with Crippen molar-refractivity contribution in [3.63, 3.8) is 0 Å². The van der Waals surface area contributed by atoms with Crippen LogP contribution < -0.4 is 14.2 Å². The van der Waals surface area contributed by atoms with E-state index in [-0.39, 0.29) is 29.9 Å². The molecule has 1 fully saturated rings. The van der Waals surface area contributed by atoms with Crippen LogP contribution in [0.2, 0.25) is 0 Å². The lowest BCUT2D eigenvalue weighted by Crippen LogP contribution is -2.44. The minimum Gasteiger partial charge on any atom is -0.493 e. The number of fused-ring (bicyclic) bond motifs is 4. The van der Waals surface area contributed by atoms with E-state index < -0.39 is 0 Å². The van der Waals surface area contributed by atoms with Gasteiger partial charge in [0, 0.05) is 24.1 Å². The van der Waals surface area contributed by atoms with Crippen LogP contribution in [0.15, 0.2) is 53.2 Å². The van der Waals surface area contributed by atoms with Crippen molar-refractivity contribution < 1.29 is 28.2 Å². The Labute approximate surface area is 198 Å². The highest BCUT2D eigenvalue weighted by atomic mass is 19.1. The number of hydrogen-bond donors (Lipinski definition) is 0. The van der Waals surface area contributed by atoms with E-state index in [1.54, 1.807) is 26.4 Å². The Morgan fingerprint density at radius 3 is 2.74 bits per heavy atom. The van der Waals surface area contributed by atoms with Gasteiger partial charge in [-0.05, 0) is 55.6 Å². The summed E-state index contributed by atoms with van der Waals surface area (Å²) in [5, 5.41) is 4.45. The van der Waals surface area contributed by atoms with Crippen molar-refractivity contribution in [2.24, 2.45) is 22.9 Å². The maximum atomic E-state index is 13.5. The van der Waals surface area contributed by atoms with E-state index in [0.29, 0.717) is 24.0 Å². The predicted octanol–water partition coefficient (Wildman–Crippen LogP) is 3.85. The molecule has 4 unspecified atom stereocenters. The molecule has 34 heavy (non-hydrogen) atoms. The molecule has 4 heterocycles. The number of nitrogens with zero attached hydrogens (tertiary/aromatic N) is 2. The number of ether oxygens (including phenoxy) is 4. The van der Waals surface area contributed by atoms with E-state index in [2.05, 4.69) is 10.1 Å². The summed E-state index contributed by atoms with van der Waals surface area (Å²) in [4.78, 5) is 8.36.